The van der Waals surface area contributed by atoms with Gasteiger partial charge < -0.3 is 62.7 Å². The standard InChI is InChI=1S/C53H72N10O9/c1-30(2)45(32(4)59-31(3)35-13-15-37(16-14-35)53(6,7)8)50(67)61-41(18-20-55)52(69)63(9)46-36-26-40(47(70-10)44(27-36)71-23-11-19-54)39-24-34(12-17-43(39)72-29-38(64)28-57)25-42(49(66)58-22-21-56)62-48(65)33(5)60-51(46)68/h12-17,24,26-27,33,38,41-42,46,64H,3,11,18-20,22-23,25,28-29,54-55,57H2,1-2,4-10H3,(H,58,66)(H,60,68)(H,61,67)(H,62,65)/t33-,38+,41-,42?,46?/m0/s1. The lowest BCUT2D eigenvalue weighted by atomic mass is 9.86. The molecule has 0 radical (unpaired) electrons. The van der Waals surface area contributed by atoms with Crippen LogP contribution in [0.15, 0.2) is 77.3 Å². The molecule has 0 fully saturated rings. The zero-order valence-corrected chi connectivity index (χ0v) is 42.9. The van der Waals surface area contributed by atoms with E-state index in [4.69, 9.17) is 36.4 Å². The number of allylic oxidation sites excluding steroid dienone is 1. The van der Waals surface area contributed by atoms with Crippen molar-refractivity contribution in [1.29, 1.82) is 5.26 Å². The third kappa shape index (κ3) is 15.0. The summed E-state index contributed by atoms with van der Waals surface area (Å²) in [4.78, 5) is 77.5. The first-order valence-electron chi connectivity index (χ1n) is 23.8. The smallest absolute Gasteiger partial charge is 0.253 e. The van der Waals surface area contributed by atoms with Gasteiger partial charge in [-0.05, 0) is 106 Å². The van der Waals surface area contributed by atoms with Crippen LogP contribution in [0, 0.1) is 11.3 Å². The molecule has 1 aliphatic rings. The monoisotopic (exact) mass is 993 g/mol. The molecule has 5 amide bonds. The Morgan fingerprint density at radius 2 is 1.67 bits per heavy atom. The number of nitrogens with one attached hydrogen (secondary N) is 4. The van der Waals surface area contributed by atoms with Crippen molar-refractivity contribution in [2.75, 3.05) is 53.6 Å². The molecule has 4 bridgehead atoms. The van der Waals surface area contributed by atoms with Gasteiger partial charge in [-0.25, -0.2) is 0 Å². The molecule has 1 aliphatic heterocycles. The van der Waals surface area contributed by atoms with Crippen molar-refractivity contribution in [2.24, 2.45) is 22.2 Å². The summed E-state index contributed by atoms with van der Waals surface area (Å²) in [5.41, 5.74) is 22.5. The minimum Gasteiger partial charge on any atom is -0.492 e. The van der Waals surface area contributed by atoms with Crippen LogP contribution < -0.4 is 52.7 Å². The predicted octanol–water partition coefficient (Wildman–Crippen LogP) is 3.07. The fourth-order valence-electron chi connectivity index (χ4n) is 8.03. The Kier molecular flexibility index (Phi) is 21.0. The van der Waals surface area contributed by atoms with E-state index in [0.29, 0.717) is 40.1 Å². The minimum absolute atomic E-state index is 0.0376. The number of rotatable bonds is 20. The van der Waals surface area contributed by atoms with Crippen molar-refractivity contribution in [2.45, 2.75) is 103 Å². The largest absolute Gasteiger partial charge is 0.492 e. The minimum atomic E-state index is -1.53. The molecule has 2 unspecified atom stereocenters. The number of amides is 5. The summed E-state index contributed by atoms with van der Waals surface area (Å²) < 4.78 is 18.4. The maximum atomic E-state index is 15.0. The number of benzene rings is 3. The maximum absolute atomic E-state index is 15.0. The van der Waals surface area contributed by atoms with Gasteiger partial charge in [0.15, 0.2) is 11.5 Å². The lowest BCUT2D eigenvalue weighted by Gasteiger charge is -2.33. The Labute approximate surface area is 422 Å². The molecule has 388 valence electrons. The first kappa shape index (κ1) is 57.5. The van der Waals surface area contributed by atoms with Crippen LogP contribution in [-0.4, -0.2) is 123 Å². The molecule has 3 aromatic carbocycles. The number of fused-ring (bicyclic) bond motifs is 5. The highest BCUT2D eigenvalue weighted by Gasteiger charge is 2.37. The van der Waals surface area contributed by atoms with Crippen molar-refractivity contribution in [3.63, 3.8) is 0 Å². The molecule has 3 aromatic rings. The van der Waals surface area contributed by atoms with Crippen molar-refractivity contribution >= 4 is 40.9 Å². The van der Waals surface area contributed by atoms with Crippen molar-refractivity contribution < 1.29 is 43.3 Å². The van der Waals surface area contributed by atoms with Gasteiger partial charge in [0.2, 0.25) is 23.6 Å². The van der Waals surface area contributed by atoms with Crippen LogP contribution in [0.1, 0.15) is 89.6 Å². The van der Waals surface area contributed by atoms with Crippen molar-refractivity contribution in [1.82, 2.24) is 26.2 Å². The van der Waals surface area contributed by atoms with Crippen LogP contribution in [0.2, 0.25) is 0 Å². The Morgan fingerprint density at radius 1 is 0.972 bits per heavy atom. The summed E-state index contributed by atoms with van der Waals surface area (Å²) in [6, 6.07) is 12.6. The number of nitrogens with zero attached hydrogens (tertiary/aromatic N) is 3. The molecule has 0 saturated heterocycles. The Balaban J connectivity index is 1.91. The SMILES string of the molecule is C=C(N=C(C)C(C(=O)N[C@@H](CCN)C(=O)N(C)C1C(=O)N[C@@H](C)C(=O)NC(C(=O)NCC#N)Cc2ccc(OC[C@H](O)CN)c(c2)-c2cc1cc(OCCCN)c2OC)=C(C)C)c1ccc(C(C)(C)C)cc1. The zero-order chi connectivity index (χ0) is 53.4. The third-order valence-electron chi connectivity index (χ3n) is 11.9. The highest BCUT2D eigenvalue weighted by molar-refractivity contribution is 6.22. The van der Waals surface area contributed by atoms with E-state index in [0.717, 1.165) is 16.0 Å². The van der Waals surface area contributed by atoms with E-state index in [1.165, 1.54) is 21.1 Å². The van der Waals surface area contributed by atoms with Gasteiger partial charge in [-0.1, -0.05) is 63.3 Å². The van der Waals surface area contributed by atoms with Crippen LogP contribution in [0.25, 0.3) is 16.8 Å². The first-order valence-corrected chi connectivity index (χ1v) is 23.8. The molecule has 0 saturated carbocycles. The topological polar surface area (TPSA) is 299 Å². The quantitative estimate of drug-likeness (QED) is 0.0350. The number of hydrogen-bond donors (Lipinski definition) is 8. The summed E-state index contributed by atoms with van der Waals surface area (Å²) in [6.45, 7) is 16.8. The number of likely N-dealkylation sites (N-methyl/N-ethyl adjacent to an activating group) is 1. The average molecular weight is 993 g/mol. The van der Waals surface area contributed by atoms with E-state index in [1.54, 1.807) is 51.1 Å². The normalized spacial score (nSPS) is 16.8. The fraction of sp³-hybridized carbons (Fsp3) is 0.453. The molecule has 0 aliphatic carbocycles. The lowest BCUT2D eigenvalue weighted by Crippen LogP contribution is -2.56. The maximum Gasteiger partial charge on any atom is 0.253 e. The van der Waals surface area contributed by atoms with Gasteiger partial charge in [0.25, 0.3) is 5.91 Å². The van der Waals surface area contributed by atoms with Crippen molar-refractivity contribution in [3.05, 3.63) is 94.6 Å². The highest BCUT2D eigenvalue weighted by Crippen LogP contribution is 2.45. The summed E-state index contributed by atoms with van der Waals surface area (Å²) in [7, 11) is 2.81. The molecule has 19 nitrogen and oxygen atoms in total. The second-order valence-electron chi connectivity index (χ2n) is 18.8. The predicted molar refractivity (Wildman–Crippen MR) is 277 cm³/mol. The molecule has 11 N–H and O–H groups in total. The van der Waals surface area contributed by atoms with Gasteiger partial charge in [-0.3, -0.25) is 29.0 Å². The summed E-state index contributed by atoms with van der Waals surface area (Å²) >= 11 is 0. The summed E-state index contributed by atoms with van der Waals surface area (Å²) in [5.74, 6) is -2.97. The van der Waals surface area contributed by atoms with Crippen LogP contribution in [0.3, 0.4) is 0 Å². The fourth-order valence-corrected chi connectivity index (χ4v) is 8.03. The van der Waals surface area contributed by atoms with Gasteiger partial charge >= 0.3 is 0 Å². The number of ether oxygens (including phenoxy) is 3. The second-order valence-corrected chi connectivity index (χ2v) is 18.8. The molecule has 0 spiro atoms. The number of methoxy groups -OCH3 is 1. The third-order valence-corrected chi connectivity index (χ3v) is 11.9. The van der Waals surface area contributed by atoms with E-state index in [2.05, 4.69) is 48.6 Å². The molecule has 0 aromatic heterocycles. The number of carbonyl (C=O) groups excluding carboxylic acids is 5. The van der Waals surface area contributed by atoms with Gasteiger partial charge in [0, 0.05) is 31.1 Å². The zero-order valence-electron chi connectivity index (χ0n) is 42.9. The molecule has 1 heterocycles. The number of nitriles is 1. The van der Waals surface area contributed by atoms with Gasteiger partial charge in [-0.15, -0.1) is 0 Å². The molecular weight excluding hydrogens is 921 g/mol. The number of carbonyl (C=O) groups is 5. The van der Waals surface area contributed by atoms with Crippen LogP contribution in [0.5, 0.6) is 17.2 Å². The molecule has 5 atom stereocenters. The van der Waals surface area contributed by atoms with Crippen LogP contribution >= 0.6 is 0 Å². The number of hydrogen-bond acceptors (Lipinski definition) is 14. The lowest BCUT2D eigenvalue weighted by molar-refractivity contribution is -0.142. The summed E-state index contributed by atoms with van der Waals surface area (Å²) in [5, 5.41) is 30.5. The average Bonchev–Trinajstić information content (AvgIpc) is 3.33. The number of aliphatic hydroxyl groups is 1. The van der Waals surface area contributed by atoms with Gasteiger partial charge in [0.05, 0.1) is 36.8 Å². The van der Waals surface area contributed by atoms with Crippen molar-refractivity contribution in [3.8, 4) is 34.4 Å². The number of aliphatic hydroxyl groups excluding tert-OH is 1. The Morgan fingerprint density at radius 3 is 2.26 bits per heavy atom. The van der Waals surface area contributed by atoms with Gasteiger partial charge in [0.1, 0.15) is 49.2 Å². The van der Waals surface area contributed by atoms with E-state index in [1.807, 2.05) is 30.3 Å². The second kappa shape index (κ2) is 26.4. The Hall–Kier alpha value is -7.11. The molecule has 4 rings (SSSR count). The molecular formula is C53H72N10O9. The highest BCUT2D eigenvalue weighted by atomic mass is 16.5. The van der Waals surface area contributed by atoms with E-state index < -0.39 is 59.8 Å². The molecule has 19 heteroatoms. The van der Waals surface area contributed by atoms with Crippen LogP contribution in [-0.2, 0) is 35.8 Å². The summed E-state index contributed by atoms with van der Waals surface area (Å²) in [6.07, 6.45) is -0.720. The van der Waals surface area contributed by atoms with Gasteiger partial charge in [-0.2, -0.15) is 5.26 Å². The van der Waals surface area contributed by atoms with E-state index in [9.17, 15) is 34.3 Å². The Bertz CT molecular complexity index is 2560. The van der Waals surface area contributed by atoms with E-state index in [-0.39, 0.29) is 86.0 Å². The van der Waals surface area contributed by atoms with Crippen LogP contribution in [0.4, 0.5) is 0 Å². The van der Waals surface area contributed by atoms with E-state index >= 15 is 0 Å². The number of aliphatic imine (C=N–C) groups is 1. The first-order chi connectivity index (χ1) is 34.1. The molecule has 72 heavy (non-hydrogen) atoms. The number of nitrogens with two attached hydrogens (primary N) is 3.